The molecule has 7 nitrogen and oxygen atoms in total. The molecule has 0 radical (unpaired) electrons. The Kier molecular flexibility index (Phi) is 5.82. The Labute approximate surface area is 213 Å². The molecule has 2 heterocycles. The summed E-state index contributed by atoms with van der Waals surface area (Å²) in [7, 11) is 1.45. The van der Waals surface area contributed by atoms with E-state index in [1.807, 2.05) is 26.8 Å². The number of amides is 1. The fraction of sp³-hybridized carbons (Fsp3) is 0.207. The van der Waals surface area contributed by atoms with Crippen molar-refractivity contribution in [3.63, 3.8) is 0 Å². The number of ether oxygens (including phenoxy) is 1. The van der Waals surface area contributed by atoms with Gasteiger partial charge in [-0.3, -0.25) is 14.5 Å². The summed E-state index contributed by atoms with van der Waals surface area (Å²) >= 11 is 0. The Morgan fingerprint density at radius 3 is 2.43 bits per heavy atom. The lowest BCUT2D eigenvalue weighted by molar-refractivity contribution is -0.132. The number of aliphatic hydroxyl groups is 1. The van der Waals surface area contributed by atoms with Crippen molar-refractivity contribution in [1.29, 1.82) is 0 Å². The average molecular weight is 500 g/mol. The average Bonchev–Trinajstić information content (AvgIpc) is 3.41. The van der Waals surface area contributed by atoms with Gasteiger partial charge < -0.3 is 14.8 Å². The first-order valence-corrected chi connectivity index (χ1v) is 11.8. The van der Waals surface area contributed by atoms with Crippen LogP contribution >= 0.6 is 0 Å². The minimum Gasteiger partial charge on any atom is -0.507 e. The third-order valence-electron chi connectivity index (χ3n) is 6.57. The summed E-state index contributed by atoms with van der Waals surface area (Å²) in [4.78, 5) is 35.5. The van der Waals surface area contributed by atoms with Crippen molar-refractivity contribution in [2.75, 3.05) is 12.0 Å². The van der Waals surface area contributed by atoms with E-state index in [-0.39, 0.29) is 28.1 Å². The van der Waals surface area contributed by atoms with Crippen molar-refractivity contribution in [3.8, 4) is 5.75 Å². The number of fused-ring (bicyclic) bond motifs is 1. The number of aliphatic hydroxyl groups excluding tert-OH is 1. The fourth-order valence-corrected chi connectivity index (χ4v) is 4.60. The van der Waals surface area contributed by atoms with Crippen LogP contribution in [0.25, 0.3) is 16.8 Å². The van der Waals surface area contributed by atoms with E-state index in [2.05, 4.69) is 9.97 Å². The summed E-state index contributed by atoms with van der Waals surface area (Å²) in [5.41, 5.74) is 1.86. The third kappa shape index (κ3) is 4.04. The lowest BCUT2D eigenvalue weighted by Gasteiger charge is -2.24. The number of benzene rings is 3. The zero-order valence-electron chi connectivity index (χ0n) is 20.9. The first-order valence-electron chi connectivity index (χ1n) is 11.8. The summed E-state index contributed by atoms with van der Waals surface area (Å²) in [5, 5.41) is 11.6. The second-order valence-corrected chi connectivity index (χ2v) is 9.93. The first kappa shape index (κ1) is 24.2. The highest BCUT2D eigenvalue weighted by Gasteiger charge is 2.49. The van der Waals surface area contributed by atoms with Gasteiger partial charge in [0.25, 0.3) is 5.78 Å². The number of carbonyl (C=O) groups is 2. The Bertz CT molecular complexity index is 1550. The summed E-state index contributed by atoms with van der Waals surface area (Å²) in [6.45, 7) is 6.04. The number of para-hydroxylation sites is 2. The lowest BCUT2D eigenvalue weighted by atomic mass is 9.85. The van der Waals surface area contributed by atoms with Gasteiger partial charge in [0.05, 0.1) is 29.3 Å². The van der Waals surface area contributed by atoms with E-state index < -0.39 is 29.3 Å². The SMILES string of the molecule is COc1ccc(C(C)(C)C)cc1/C(O)=C1\C(=O)C(=O)N(c2nc3ccccc3[nH]2)C1c1ccccc1F. The van der Waals surface area contributed by atoms with Crippen LogP contribution in [0.15, 0.2) is 72.3 Å². The molecule has 3 aromatic carbocycles. The number of aromatic amines is 1. The van der Waals surface area contributed by atoms with Crippen molar-refractivity contribution >= 4 is 34.4 Å². The summed E-state index contributed by atoms with van der Waals surface area (Å²) in [5.74, 6) is -2.57. The number of nitrogens with one attached hydrogen (secondary N) is 1. The number of hydrogen-bond acceptors (Lipinski definition) is 5. The minimum absolute atomic E-state index is 0.0506. The zero-order chi connectivity index (χ0) is 26.5. The van der Waals surface area contributed by atoms with Crippen molar-refractivity contribution in [2.45, 2.75) is 32.2 Å². The van der Waals surface area contributed by atoms with Gasteiger partial charge >= 0.3 is 5.91 Å². The number of ketones is 1. The number of imidazole rings is 1. The highest BCUT2D eigenvalue weighted by Crippen LogP contribution is 2.44. The number of rotatable bonds is 4. The minimum atomic E-state index is -1.26. The molecule has 1 aromatic heterocycles. The van der Waals surface area contributed by atoms with Gasteiger partial charge in [0.2, 0.25) is 5.95 Å². The third-order valence-corrected chi connectivity index (χ3v) is 6.57. The normalized spacial score (nSPS) is 17.5. The molecule has 0 saturated carbocycles. The Balaban J connectivity index is 1.78. The van der Waals surface area contributed by atoms with Crippen LogP contribution in [0, 0.1) is 5.82 Å². The number of halogens is 1. The molecule has 1 aliphatic rings. The number of carbonyl (C=O) groups excluding carboxylic acids is 2. The van der Waals surface area contributed by atoms with Crippen LogP contribution in [-0.4, -0.2) is 33.9 Å². The number of aromatic nitrogens is 2. The molecule has 1 fully saturated rings. The highest BCUT2D eigenvalue weighted by atomic mass is 19.1. The van der Waals surface area contributed by atoms with Gasteiger partial charge in [-0.15, -0.1) is 0 Å². The van der Waals surface area contributed by atoms with Gasteiger partial charge in [0.15, 0.2) is 0 Å². The van der Waals surface area contributed by atoms with Crippen molar-refractivity contribution in [2.24, 2.45) is 0 Å². The molecule has 4 aromatic rings. The highest BCUT2D eigenvalue weighted by molar-refractivity contribution is 6.51. The lowest BCUT2D eigenvalue weighted by Crippen LogP contribution is -2.30. The second-order valence-electron chi connectivity index (χ2n) is 9.93. The summed E-state index contributed by atoms with van der Waals surface area (Å²) < 4.78 is 20.7. The first-order chi connectivity index (χ1) is 17.6. The van der Waals surface area contributed by atoms with E-state index in [9.17, 15) is 14.7 Å². The molecule has 0 spiro atoms. The Morgan fingerprint density at radius 2 is 1.76 bits per heavy atom. The summed E-state index contributed by atoms with van der Waals surface area (Å²) in [6.07, 6.45) is 0. The summed E-state index contributed by atoms with van der Waals surface area (Å²) in [6, 6.07) is 17.0. The topological polar surface area (TPSA) is 95.5 Å². The number of methoxy groups -OCH3 is 1. The van der Waals surface area contributed by atoms with Crippen molar-refractivity contribution < 1.29 is 23.8 Å². The van der Waals surface area contributed by atoms with Crippen LogP contribution in [0.4, 0.5) is 10.3 Å². The largest absolute Gasteiger partial charge is 0.507 e. The number of H-pyrrole nitrogens is 1. The maximum Gasteiger partial charge on any atom is 0.302 e. The Morgan fingerprint density at radius 1 is 1.05 bits per heavy atom. The quantitative estimate of drug-likeness (QED) is 0.215. The molecule has 1 unspecified atom stereocenters. The molecule has 37 heavy (non-hydrogen) atoms. The number of hydrogen-bond donors (Lipinski definition) is 2. The molecule has 1 amide bonds. The van der Waals surface area contributed by atoms with Gasteiger partial charge in [0.1, 0.15) is 23.4 Å². The molecule has 1 saturated heterocycles. The monoisotopic (exact) mass is 499 g/mol. The number of Topliss-reactive ketones (excluding diaryl/α,β-unsaturated/α-hetero) is 1. The molecule has 188 valence electrons. The van der Waals surface area contributed by atoms with E-state index in [1.165, 1.54) is 25.3 Å². The van der Waals surface area contributed by atoms with E-state index >= 15 is 4.39 Å². The van der Waals surface area contributed by atoms with Crippen LogP contribution in [0.3, 0.4) is 0 Å². The van der Waals surface area contributed by atoms with E-state index in [1.54, 1.807) is 42.5 Å². The standard InChI is InChI=1S/C29H26FN3O4/c1-29(2,3)16-13-14-22(37-4)18(15-16)25(34)23-24(17-9-5-6-10-19(17)30)33(27(36)26(23)35)28-31-20-11-7-8-12-21(20)32-28/h5-15,24,34H,1-4H3,(H,31,32)/b25-23+. The van der Waals surface area contributed by atoms with Crippen LogP contribution in [-0.2, 0) is 15.0 Å². The fourth-order valence-electron chi connectivity index (χ4n) is 4.60. The van der Waals surface area contributed by atoms with Crippen molar-refractivity contribution in [3.05, 3.63) is 94.8 Å². The zero-order valence-corrected chi connectivity index (χ0v) is 20.9. The molecular weight excluding hydrogens is 473 g/mol. The molecule has 5 rings (SSSR count). The molecular formula is C29H26FN3O4. The molecule has 2 N–H and O–H groups in total. The van der Waals surface area contributed by atoms with E-state index in [0.29, 0.717) is 16.8 Å². The second kappa shape index (κ2) is 8.89. The van der Waals surface area contributed by atoms with Crippen molar-refractivity contribution in [1.82, 2.24) is 9.97 Å². The van der Waals surface area contributed by atoms with E-state index in [4.69, 9.17) is 4.74 Å². The molecule has 0 bridgehead atoms. The number of anilines is 1. The predicted molar refractivity (Wildman–Crippen MR) is 139 cm³/mol. The predicted octanol–water partition coefficient (Wildman–Crippen LogP) is 5.63. The van der Waals surface area contributed by atoms with Crippen LogP contribution in [0.1, 0.15) is 43.5 Å². The van der Waals surface area contributed by atoms with E-state index in [0.717, 1.165) is 10.5 Å². The molecule has 0 aliphatic carbocycles. The number of nitrogens with zero attached hydrogens (tertiary/aromatic N) is 2. The molecule has 1 aliphatic heterocycles. The van der Waals surface area contributed by atoms with Gasteiger partial charge in [-0.1, -0.05) is 57.2 Å². The van der Waals surface area contributed by atoms with Crippen LogP contribution in [0.2, 0.25) is 0 Å². The Hall–Kier alpha value is -4.46. The van der Waals surface area contributed by atoms with Crippen LogP contribution < -0.4 is 9.64 Å². The van der Waals surface area contributed by atoms with Gasteiger partial charge in [-0.25, -0.2) is 9.37 Å². The van der Waals surface area contributed by atoms with Crippen LogP contribution in [0.5, 0.6) is 5.75 Å². The maximum absolute atomic E-state index is 15.2. The molecule has 1 atom stereocenters. The smallest absolute Gasteiger partial charge is 0.302 e. The van der Waals surface area contributed by atoms with Gasteiger partial charge in [-0.05, 0) is 41.3 Å². The molecule has 8 heteroatoms. The maximum atomic E-state index is 15.2. The van der Waals surface area contributed by atoms with Gasteiger partial charge in [0, 0.05) is 5.56 Å². The van der Waals surface area contributed by atoms with Gasteiger partial charge in [-0.2, -0.15) is 0 Å².